The van der Waals surface area contributed by atoms with Crippen LogP contribution in [0.1, 0.15) is 61.1 Å². The van der Waals surface area contributed by atoms with Crippen LogP contribution in [0.4, 0.5) is 23.4 Å². The second kappa shape index (κ2) is 10.8. The molecule has 0 radical (unpaired) electrons. The van der Waals surface area contributed by atoms with Gasteiger partial charge in [0.05, 0.1) is 5.56 Å². The first-order valence-corrected chi connectivity index (χ1v) is 11.1. The molecule has 1 N–H and O–H groups in total. The highest BCUT2D eigenvalue weighted by Crippen LogP contribution is 2.34. The number of hydrogen-bond donors (Lipinski definition) is 1. The molecule has 2 heterocycles. The second-order valence-corrected chi connectivity index (χ2v) is 8.59. The normalized spacial score (nSPS) is 14.5. The highest BCUT2D eigenvalue weighted by molar-refractivity contribution is 5.92. The predicted molar refractivity (Wildman–Crippen MR) is 119 cm³/mol. The Morgan fingerprint density at radius 1 is 1.15 bits per heavy atom. The quantitative estimate of drug-likeness (QED) is 0.435. The third kappa shape index (κ3) is 7.00. The van der Waals surface area contributed by atoms with E-state index in [-0.39, 0.29) is 17.2 Å². The fourth-order valence-corrected chi connectivity index (χ4v) is 3.72. The zero-order valence-corrected chi connectivity index (χ0v) is 18.8. The fourth-order valence-electron chi connectivity index (χ4n) is 3.72. The summed E-state index contributed by atoms with van der Waals surface area (Å²) in [6.45, 7) is 5.93. The van der Waals surface area contributed by atoms with Gasteiger partial charge in [0.1, 0.15) is 5.82 Å². The molecule has 0 saturated carbocycles. The average molecular weight is 465 g/mol. The molecule has 1 aliphatic rings. The van der Waals surface area contributed by atoms with E-state index in [0.29, 0.717) is 44.2 Å². The van der Waals surface area contributed by atoms with Crippen molar-refractivity contribution in [2.75, 3.05) is 24.5 Å². The molecule has 0 bridgehead atoms. The Morgan fingerprint density at radius 3 is 2.48 bits per heavy atom. The molecular weight excluding hydrogens is 436 g/mol. The zero-order chi connectivity index (χ0) is 24.0. The number of piperidine rings is 1. The van der Waals surface area contributed by atoms with E-state index in [1.165, 1.54) is 6.08 Å². The number of aromatic nitrogens is 2. The van der Waals surface area contributed by atoms with Crippen molar-refractivity contribution in [3.05, 3.63) is 58.5 Å². The number of halogens is 4. The molecule has 1 fully saturated rings. The number of benzene rings is 1. The number of hydrogen-bond acceptors (Lipinski definition) is 4. The van der Waals surface area contributed by atoms with E-state index < -0.39 is 17.6 Å². The van der Waals surface area contributed by atoms with Crippen molar-refractivity contribution in [1.29, 1.82) is 0 Å². The third-order valence-electron chi connectivity index (χ3n) is 5.54. The van der Waals surface area contributed by atoms with Gasteiger partial charge < -0.3 is 10.2 Å². The molecule has 1 saturated heterocycles. The van der Waals surface area contributed by atoms with E-state index in [4.69, 9.17) is 0 Å². The Hall–Kier alpha value is -2.97. The summed E-state index contributed by atoms with van der Waals surface area (Å²) in [6.07, 6.45) is -0.132. The van der Waals surface area contributed by atoms with Gasteiger partial charge in [0.25, 0.3) is 5.91 Å². The van der Waals surface area contributed by atoms with Crippen LogP contribution in [0.15, 0.2) is 35.9 Å². The standard InChI is InChI=1S/C24H28F4N4O/c1-16(2)4-3-11-29-23(33)21-7-8-22(31-30-21)32-12-9-17(10-13-32)14-18-15-19(25)5-6-20(18)24(26,27)28/h5-8,14-16H,3-4,9-13H2,1-2H3,(H,29,33). The van der Waals surface area contributed by atoms with Crippen LogP contribution in [0.2, 0.25) is 0 Å². The van der Waals surface area contributed by atoms with E-state index in [1.54, 1.807) is 12.1 Å². The van der Waals surface area contributed by atoms with Crippen molar-refractivity contribution < 1.29 is 22.4 Å². The van der Waals surface area contributed by atoms with Gasteiger partial charge in [0.15, 0.2) is 11.5 Å². The van der Waals surface area contributed by atoms with Gasteiger partial charge in [-0.25, -0.2) is 4.39 Å². The smallest absolute Gasteiger partial charge is 0.354 e. The van der Waals surface area contributed by atoms with Crippen molar-refractivity contribution in [3.63, 3.8) is 0 Å². The van der Waals surface area contributed by atoms with Crippen molar-refractivity contribution in [2.45, 2.75) is 45.7 Å². The summed E-state index contributed by atoms with van der Waals surface area (Å²) in [7, 11) is 0. The van der Waals surface area contributed by atoms with Gasteiger partial charge in [-0.2, -0.15) is 13.2 Å². The minimum Gasteiger partial charge on any atom is -0.354 e. The minimum atomic E-state index is -4.54. The van der Waals surface area contributed by atoms with Crippen molar-refractivity contribution in [2.24, 2.45) is 5.92 Å². The molecular formula is C24H28F4N4O. The number of alkyl halides is 3. The molecule has 0 atom stereocenters. The van der Waals surface area contributed by atoms with Crippen LogP contribution in [-0.2, 0) is 6.18 Å². The molecule has 0 unspecified atom stereocenters. The second-order valence-electron chi connectivity index (χ2n) is 8.59. The number of nitrogens with zero attached hydrogens (tertiary/aromatic N) is 3. The van der Waals surface area contributed by atoms with E-state index in [9.17, 15) is 22.4 Å². The Balaban J connectivity index is 1.58. The van der Waals surface area contributed by atoms with Gasteiger partial charge in [-0.05, 0) is 67.5 Å². The molecule has 1 aliphatic heterocycles. The Morgan fingerprint density at radius 2 is 1.88 bits per heavy atom. The molecule has 1 amide bonds. The topological polar surface area (TPSA) is 58.1 Å². The lowest BCUT2D eigenvalue weighted by atomic mass is 9.98. The molecule has 1 aromatic carbocycles. The van der Waals surface area contributed by atoms with Gasteiger partial charge in [0, 0.05) is 19.6 Å². The summed E-state index contributed by atoms with van der Waals surface area (Å²) in [4.78, 5) is 14.1. The summed E-state index contributed by atoms with van der Waals surface area (Å²) in [5, 5.41) is 11.0. The maximum absolute atomic E-state index is 13.5. The molecule has 9 heteroatoms. The van der Waals surface area contributed by atoms with Crippen LogP contribution >= 0.6 is 0 Å². The summed E-state index contributed by atoms with van der Waals surface area (Å²) < 4.78 is 53.2. The lowest BCUT2D eigenvalue weighted by Crippen LogP contribution is -2.32. The largest absolute Gasteiger partial charge is 0.416 e. The SMILES string of the molecule is CC(C)CCCNC(=O)c1ccc(N2CCC(=Cc3cc(F)ccc3C(F)(F)F)CC2)nn1. The van der Waals surface area contributed by atoms with Crippen LogP contribution in [0.5, 0.6) is 0 Å². The maximum atomic E-state index is 13.5. The molecule has 5 nitrogen and oxygen atoms in total. The van der Waals surface area contributed by atoms with Crippen molar-refractivity contribution >= 4 is 17.8 Å². The van der Waals surface area contributed by atoms with E-state index in [2.05, 4.69) is 29.4 Å². The van der Waals surface area contributed by atoms with Crippen LogP contribution < -0.4 is 10.2 Å². The molecule has 33 heavy (non-hydrogen) atoms. The molecule has 1 aromatic heterocycles. The lowest BCUT2D eigenvalue weighted by Gasteiger charge is -2.29. The number of nitrogens with one attached hydrogen (secondary N) is 1. The van der Waals surface area contributed by atoms with Gasteiger partial charge in [-0.15, -0.1) is 10.2 Å². The maximum Gasteiger partial charge on any atom is 0.416 e. The average Bonchev–Trinajstić information content (AvgIpc) is 2.76. The lowest BCUT2D eigenvalue weighted by molar-refractivity contribution is -0.137. The third-order valence-corrected chi connectivity index (χ3v) is 5.54. The summed E-state index contributed by atoms with van der Waals surface area (Å²) in [6, 6.07) is 5.85. The number of rotatable bonds is 7. The highest BCUT2D eigenvalue weighted by atomic mass is 19.4. The van der Waals surface area contributed by atoms with Gasteiger partial charge >= 0.3 is 6.18 Å². The minimum absolute atomic E-state index is 0.158. The van der Waals surface area contributed by atoms with Gasteiger partial charge in [0.2, 0.25) is 0 Å². The fraction of sp³-hybridized carbons (Fsp3) is 0.458. The first-order valence-electron chi connectivity index (χ1n) is 11.1. The zero-order valence-electron chi connectivity index (χ0n) is 18.8. The molecule has 0 aliphatic carbocycles. The number of carbonyl (C=O) groups excluding carboxylic acids is 1. The van der Waals surface area contributed by atoms with E-state index in [1.807, 2.05) is 4.90 Å². The van der Waals surface area contributed by atoms with Crippen molar-refractivity contribution in [1.82, 2.24) is 15.5 Å². The highest BCUT2D eigenvalue weighted by Gasteiger charge is 2.33. The monoisotopic (exact) mass is 464 g/mol. The Bertz CT molecular complexity index is 977. The van der Waals surface area contributed by atoms with Crippen molar-refractivity contribution in [3.8, 4) is 0 Å². The predicted octanol–water partition coefficient (Wildman–Crippen LogP) is 5.48. The van der Waals surface area contributed by atoms with E-state index >= 15 is 0 Å². The Labute approximate surface area is 190 Å². The Kier molecular flexibility index (Phi) is 8.05. The van der Waals surface area contributed by atoms with Crippen LogP contribution in [0, 0.1) is 11.7 Å². The number of amides is 1. The molecule has 3 rings (SSSR count). The van der Waals surface area contributed by atoms with Gasteiger partial charge in [-0.1, -0.05) is 25.5 Å². The summed E-state index contributed by atoms with van der Waals surface area (Å²) >= 11 is 0. The van der Waals surface area contributed by atoms with Crippen LogP contribution in [0.3, 0.4) is 0 Å². The van der Waals surface area contributed by atoms with Gasteiger partial charge in [-0.3, -0.25) is 4.79 Å². The first kappa shape index (κ1) is 24.7. The van der Waals surface area contributed by atoms with Crippen LogP contribution in [0.25, 0.3) is 6.08 Å². The van der Waals surface area contributed by atoms with E-state index in [0.717, 1.165) is 36.6 Å². The molecule has 2 aromatic rings. The number of carbonyl (C=O) groups is 1. The first-order chi connectivity index (χ1) is 15.6. The molecule has 0 spiro atoms. The number of anilines is 1. The summed E-state index contributed by atoms with van der Waals surface area (Å²) in [5.41, 5.74) is 0.0525. The summed E-state index contributed by atoms with van der Waals surface area (Å²) in [5.74, 6) is 0.220. The molecule has 178 valence electrons. The van der Waals surface area contributed by atoms with Crippen LogP contribution in [-0.4, -0.2) is 35.7 Å².